The summed E-state index contributed by atoms with van der Waals surface area (Å²) in [5.74, 6) is -0.581. The van der Waals surface area contributed by atoms with E-state index in [1.165, 1.54) is 12.1 Å². The van der Waals surface area contributed by atoms with Gasteiger partial charge in [-0.25, -0.2) is 4.39 Å². The number of hydrogen-bond acceptors (Lipinski definition) is 4. The van der Waals surface area contributed by atoms with Gasteiger partial charge in [0.15, 0.2) is 17.5 Å². The van der Waals surface area contributed by atoms with Gasteiger partial charge in [-0.3, -0.25) is 4.99 Å². The third-order valence-corrected chi connectivity index (χ3v) is 3.38. The highest BCUT2D eigenvalue weighted by Gasteiger charge is 2.29. The Kier molecular flexibility index (Phi) is 3.02. The first-order valence-electron chi connectivity index (χ1n) is 6.29. The minimum atomic E-state index is -0.638. The van der Waals surface area contributed by atoms with Gasteiger partial charge in [0.2, 0.25) is 0 Å². The minimum absolute atomic E-state index is 0.160. The molecular weight excluding hydrogens is 257 g/mol. The standard InChI is InChI=1S/C15H14FN3O/c16-12-8-10(6-7-14(12)20)13-9-18-15(17)19(13)11-4-2-1-3-5-11/h1-8,13,20H,9H2,(H2,17,18). The number of guanidine groups is 1. The largest absolute Gasteiger partial charge is 0.505 e. The Labute approximate surface area is 116 Å². The topological polar surface area (TPSA) is 61.9 Å². The lowest BCUT2D eigenvalue weighted by atomic mass is 10.1. The van der Waals surface area contributed by atoms with Gasteiger partial charge in [-0.05, 0) is 29.8 Å². The molecule has 0 radical (unpaired) electrons. The van der Waals surface area contributed by atoms with E-state index in [-0.39, 0.29) is 11.8 Å². The SMILES string of the molecule is NC1=NCC(c2ccc(O)c(F)c2)N1c1ccccc1. The first kappa shape index (κ1) is 12.5. The van der Waals surface area contributed by atoms with Crippen LogP contribution in [0.4, 0.5) is 10.1 Å². The fourth-order valence-electron chi connectivity index (χ4n) is 2.38. The van der Waals surface area contributed by atoms with Crippen molar-refractivity contribution in [3.8, 4) is 5.75 Å². The summed E-state index contributed by atoms with van der Waals surface area (Å²) in [6.45, 7) is 0.463. The van der Waals surface area contributed by atoms with Crippen LogP contribution in [0.1, 0.15) is 11.6 Å². The number of nitrogens with zero attached hydrogens (tertiary/aromatic N) is 2. The number of phenolic OH excluding ortho intramolecular Hbond substituents is 1. The Morgan fingerprint density at radius 3 is 2.65 bits per heavy atom. The van der Waals surface area contributed by atoms with Crippen LogP contribution in [0, 0.1) is 5.82 Å². The molecule has 1 aliphatic heterocycles. The molecule has 0 fully saturated rings. The van der Waals surface area contributed by atoms with E-state index in [9.17, 15) is 9.50 Å². The normalized spacial score (nSPS) is 18.1. The molecule has 1 atom stereocenters. The van der Waals surface area contributed by atoms with Gasteiger partial charge >= 0.3 is 0 Å². The fraction of sp³-hybridized carbons (Fsp3) is 0.133. The molecule has 5 heteroatoms. The molecule has 0 amide bonds. The lowest BCUT2D eigenvalue weighted by Gasteiger charge is -2.26. The maximum Gasteiger partial charge on any atom is 0.196 e. The second-order valence-corrected chi connectivity index (χ2v) is 4.63. The average Bonchev–Trinajstić information content (AvgIpc) is 2.85. The molecule has 0 saturated carbocycles. The predicted octanol–water partition coefficient (Wildman–Crippen LogP) is 2.41. The first-order valence-corrected chi connectivity index (χ1v) is 6.29. The number of phenols is 1. The number of aromatic hydroxyl groups is 1. The molecule has 0 aromatic heterocycles. The molecule has 3 rings (SSSR count). The van der Waals surface area contributed by atoms with E-state index in [0.717, 1.165) is 11.3 Å². The van der Waals surface area contributed by atoms with Gasteiger partial charge in [-0.1, -0.05) is 24.3 Å². The number of nitrogens with two attached hydrogens (primary N) is 1. The summed E-state index contributed by atoms with van der Waals surface area (Å²) < 4.78 is 13.5. The number of benzene rings is 2. The second kappa shape index (κ2) is 4.85. The van der Waals surface area contributed by atoms with Crippen LogP contribution in [0.15, 0.2) is 53.5 Å². The Hall–Kier alpha value is -2.56. The maximum atomic E-state index is 13.5. The summed E-state index contributed by atoms with van der Waals surface area (Å²) in [6.07, 6.45) is 0. The van der Waals surface area contributed by atoms with Crippen molar-refractivity contribution in [2.75, 3.05) is 11.4 Å². The Morgan fingerprint density at radius 2 is 1.95 bits per heavy atom. The van der Waals surface area contributed by atoms with E-state index in [0.29, 0.717) is 12.5 Å². The van der Waals surface area contributed by atoms with Crippen molar-refractivity contribution in [2.45, 2.75) is 6.04 Å². The quantitative estimate of drug-likeness (QED) is 0.881. The van der Waals surface area contributed by atoms with Gasteiger partial charge in [0.25, 0.3) is 0 Å². The van der Waals surface area contributed by atoms with Gasteiger partial charge in [0.05, 0.1) is 12.6 Å². The molecule has 2 aromatic rings. The zero-order valence-electron chi connectivity index (χ0n) is 10.7. The van der Waals surface area contributed by atoms with Crippen LogP contribution in [0.25, 0.3) is 0 Å². The molecule has 0 bridgehead atoms. The van der Waals surface area contributed by atoms with Crippen molar-refractivity contribution in [1.82, 2.24) is 0 Å². The number of aliphatic imine (C=N–C) groups is 1. The van der Waals surface area contributed by atoms with E-state index in [2.05, 4.69) is 4.99 Å². The van der Waals surface area contributed by atoms with Gasteiger partial charge in [-0.2, -0.15) is 0 Å². The molecule has 1 heterocycles. The van der Waals surface area contributed by atoms with Crippen LogP contribution >= 0.6 is 0 Å². The second-order valence-electron chi connectivity index (χ2n) is 4.63. The van der Waals surface area contributed by atoms with Gasteiger partial charge in [0, 0.05) is 5.69 Å². The summed E-state index contributed by atoms with van der Waals surface area (Å²) in [4.78, 5) is 6.11. The summed E-state index contributed by atoms with van der Waals surface area (Å²) in [5.41, 5.74) is 7.58. The smallest absolute Gasteiger partial charge is 0.196 e. The number of anilines is 1. The first-order chi connectivity index (χ1) is 9.66. The average molecular weight is 271 g/mol. The molecule has 2 aromatic carbocycles. The molecule has 1 unspecified atom stereocenters. The molecule has 20 heavy (non-hydrogen) atoms. The zero-order chi connectivity index (χ0) is 14.1. The van der Waals surface area contributed by atoms with E-state index >= 15 is 0 Å². The third kappa shape index (κ3) is 2.07. The Morgan fingerprint density at radius 1 is 1.20 bits per heavy atom. The van der Waals surface area contributed by atoms with Crippen LogP contribution in [-0.2, 0) is 0 Å². The van der Waals surface area contributed by atoms with Crippen LogP contribution in [0.5, 0.6) is 5.75 Å². The van der Waals surface area contributed by atoms with Crippen molar-refractivity contribution in [3.63, 3.8) is 0 Å². The van der Waals surface area contributed by atoms with Gasteiger partial charge < -0.3 is 15.7 Å². The Balaban J connectivity index is 1.99. The lowest BCUT2D eigenvalue weighted by molar-refractivity contribution is 0.431. The minimum Gasteiger partial charge on any atom is -0.505 e. The van der Waals surface area contributed by atoms with Crippen LogP contribution < -0.4 is 10.6 Å². The summed E-state index contributed by atoms with van der Waals surface area (Å²) in [7, 11) is 0. The predicted molar refractivity (Wildman–Crippen MR) is 76.2 cm³/mol. The van der Waals surface area contributed by atoms with Crippen molar-refractivity contribution >= 4 is 11.6 Å². The monoisotopic (exact) mass is 271 g/mol. The van der Waals surface area contributed by atoms with Crippen molar-refractivity contribution in [2.24, 2.45) is 10.7 Å². The van der Waals surface area contributed by atoms with Crippen LogP contribution in [-0.4, -0.2) is 17.6 Å². The van der Waals surface area contributed by atoms with Crippen molar-refractivity contribution in [3.05, 3.63) is 59.9 Å². The van der Waals surface area contributed by atoms with E-state index in [1.807, 2.05) is 35.2 Å². The van der Waals surface area contributed by atoms with Gasteiger partial charge in [0.1, 0.15) is 0 Å². The Bertz CT molecular complexity index is 657. The lowest BCUT2D eigenvalue weighted by Crippen LogP contribution is -2.36. The van der Waals surface area contributed by atoms with Crippen molar-refractivity contribution in [1.29, 1.82) is 0 Å². The molecular formula is C15H14FN3O. The number of halogens is 1. The fourth-order valence-corrected chi connectivity index (χ4v) is 2.38. The van der Waals surface area contributed by atoms with Gasteiger partial charge in [-0.15, -0.1) is 0 Å². The zero-order valence-corrected chi connectivity index (χ0v) is 10.7. The molecule has 3 N–H and O–H groups in total. The molecule has 0 aliphatic carbocycles. The third-order valence-electron chi connectivity index (χ3n) is 3.38. The summed E-state index contributed by atoms with van der Waals surface area (Å²) in [5, 5.41) is 9.28. The summed E-state index contributed by atoms with van der Waals surface area (Å²) in [6, 6.07) is 13.8. The molecule has 0 saturated heterocycles. The molecule has 4 nitrogen and oxygen atoms in total. The van der Waals surface area contributed by atoms with E-state index in [4.69, 9.17) is 5.73 Å². The summed E-state index contributed by atoms with van der Waals surface area (Å²) >= 11 is 0. The highest BCUT2D eigenvalue weighted by atomic mass is 19.1. The maximum absolute atomic E-state index is 13.5. The molecule has 1 aliphatic rings. The van der Waals surface area contributed by atoms with Crippen LogP contribution in [0.2, 0.25) is 0 Å². The highest BCUT2D eigenvalue weighted by molar-refractivity contribution is 5.97. The molecule has 102 valence electrons. The number of hydrogen-bond donors (Lipinski definition) is 2. The number of rotatable bonds is 2. The van der Waals surface area contributed by atoms with E-state index < -0.39 is 5.82 Å². The number of para-hydroxylation sites is 1. The molecule has 0 spiro atoms. The van der Waals surface area contributed by atoms with Crippen LogP contribution in [0.3, 0.4) is 0 Å². The highest BCUT2D eigenvalue weighted by Crippen LogP contribution is 2.32. The van der Waals surface area contributed by atoms with Crippen molar-refractivity contribution < 1.29 is 9.50 Å². The van der Waals surface area contributed by atoms with E-state index in [1.54, 1.807) is 6.07 Å².